The van der Waals surface area contributed by atoms with Gasteiger partial charge in [0.15, 0.2) is 0 Å². The number of amides is 2. The van der Waals surface area contributed by atoms with Crippen molar-refractivity contribution >= 4 is 33.4 Å². The quantitative estimate of drug-likeness (QED) is 0.698. The minimum atomic E-state index is -4.11. The maximum Gasteiger partial charge on any atom is 0.261 e. The zero-order valence-corrected chi connectivity index (χ0v) is 15.3. The lowest BCUT2D eigenvalue weighted by Crippen LogP contribution is -2.42. The van der Waals surface area contributed by atoms with E-state index < -0.39 is 40.3 Å². The molecule has 1 aliphatic rings. The number of sulfonamides is 1. The van der Waals surface area contributed by atoms with Crippen LogP contribution < -0.4 is 4.72 Å². The maximum absolute atomic E-state index is 13.1. The number of nitrogens with one attached hydrogen (secondary N) is 1. The van der Waals surface area contributed by atoms with Crippen molar-refractivity contribution in [2.24, 2.45) is 0 Å². The number of aliphatic hydroxyl groups excluding tert-OH is 1. The first-order chi connectivity index (χ1) is 12.7. The van der Waals surface area contributed by atoms with Crippen LogP contribution in [0.4, 0.5) is 4.39 Å². The number of hydrogen-bond donors (Lipinski definition) is 2. The second-order valence-electron chi connectivity index (χ2n) is 5.85. The lowest BCUT2D eigenvalue weighted by molar-refractivity contribution is 0.0550. The van der Waals surface area contributed by atoms with Crippen LogP contribution in [0.15, 0.2) is 47.4 Å². The number of β-amino-alcohol motifs (C(OH)–C–C–N with tert-alkyl or cyclic N) is 1. The second kappa shape index (κ2) is 7.35. The first-order valence-corrected chi connectivity index (χ1v) is 9.65. The molecule has 0 bridgehead atoms. The molecule has 0 aromatic heterocycles. The number of fused-ring (bicyclic) bond motifs is 1. The van der Waals surface area contributed by atoms with Gasteiger partial charge in [-0.3, -0.25) is 14.5 Å². The molecule has 27 heavy (non-hydrogen) atoms. The molecule has 2 amide bonds. The van der Waals surface area contributed by atoms with Gasteiger partial charge in [0.25, 0.3) is 11.8 Å². The number of imide groups is 1. The van der Waals surface area contributed by atoms with Crippen LogP contribution in [-0.2, 0) is 10.0 Å². The average Bonchev–Trinajstić information content (AvgIpc) is 2.85. The van der Waals surface area contributed by atoms with Crippen molar-refractivity contribution in [2.75, 3.05) is 13.1 Å². The Hall–Kier alpha value is -2.33. The molecule has 10 heteroatoms. The summed E-state index contributed by atoms with van der Waals surface area (Å²) in [5.41, 5.74) is 0.460. The fraction of sp³-hybridized carbons (Fsp3) is 0.176. The van der Waals surface area contributed by atoms with Gasteiger partial charge in [-0.15, -0.1) is 0 Å². The van der Waals surface area contributed by atoms with Gasteiger partial charge in [0.05, 0.1) is 28.8 Å². The van der Waals surface area contributed by atoms with Crippen LogP contribution in [0.3, 0.4) is 0 Å². The van der Waals surface area contributed by atoms with Gasteiger partial charge in [-0.1, -0.05) is 23.7 Å². The summed E-state index contributed by atoms with van der Waals surface area (Å²) in [6.45, 7) is -0.852. The molecular formula is C17H14ClFN2O5S. The minimum absolute atomic E-state index is 0.230. The van der Waals surface area contributed by atoms with Crippen LogP contribution in [0.5, 0.6) is 0 Å². The average molecular weight is 413 g/mol. The van der Waals surface area contributed by atoms with Crippen molar-refractivity contribution in [3.63, 3.8) is 0 Å². The fourth-order valence-corrected chi connectivity index (χ4v) is 4.26. The standard InChI is InChI=1S/C17H14ClFN2O5S/c18-14-7-10(19)5-6-15(14)27(25,26)20-8-11(22)9-21-16(23)12-3-1-2-4-13(12)17(21)24/h1-7,11,20,22H,8-9H2/t11-/m1/s1. The van der Waals surface area contributed by atoms with E-state index in [4.69, 9.17) is 11.6 Å². The minimum Gasteiger partial charge on any atom is -0.390 e. The Morgan fingerprint density at radius 3 is 2.26 bits per heavy atom. The Morgan fingerprint density at radius 1 is 1.11 bits per heavy atom. The predicted octanol–water partition coefficient (Wildman–Crippen LogP) is 1.41. The summed E-state index contributed by atoms with van der Waals surface area (Å²) in [4.78, 5) is 25.0. The van der Waals surface area contributed by atoms with Crippen LogP contribution in [0, 0.1) is 5.82 Å². The van der Waals surface area contributed by atoms with Gasteiger partial charge >= 0.3 is 0 Å². The van der Waals surface area contributed by atoms with Gasteiger partial charge in [-0.05, 0) is 30.3 Å². The Bertz CT molecular complexity index is 993. The molecule has 0 radical (unpaired) electrons. The molecule has 142 valence electrons. The highest BCUT2D eigenvalue weighted by Crippen LogP contribution is 2.23. The van der Waals surface area contributed by atoms with Crippen molar-refractivity contribution in [1.82, 2.24) is 9.62 Å². The first-order valence-electron chi connectivity index (χ1n) is 7.78. The van der Waals surface area contributed by atoms with E-state index in [1.165, 1.54) is 12.1 Å². The molecule has 1 atom stereocenters. The van der Waals surface area contributed by atoms with Crippen LogP contribution in [-0.4, -0.2) is 49.4 Å². The molecule has 1 heterocycles. The summed E-state index contributed by atoms with van der Waals surface area (Å²) in [5, 5.41) is 9.77. The zero-order valence-electron chi connectivity index (χ0n) is 13.7. The fourth-order valence-electron chi connectivity index (χ4n) is 2.66. The molecule has 2 N–H and O–H groups in total. The molecular weight excluding hydrogens is 399 g/mol. The highest BCUT2D eigenvalue weighted by Gasteiger charge is 2.36. The molecule has 0 aliphatic carbocycles. The lowest BCUT2D eigenvalue weighted by atomic mass is 10.1. The highest BCUT2D eigenvalue weighted by molar-refractivity contribution is 7.89. The third-order valence-electron chi connectivity index (χ3n) is 3.96. The molecule has 0 spiro atoms. The molecule has 7 nitrogen and oxygen atoms in total. The number of carbonyl (C=O) groups excluding carboxylic acids is 2. The number of nitrogens with zero attached hydrogens (tertiary/aromatic N) is 1. The van der Waals surface area contributed by atoms with Crippen LogP contribution in [0.2, 0.25) is 5.02 Å². The van der Waals surface area contributed by atoms with Gasteiger partial charge in [0.2, 0.25) is 10.0 Å². The molecule has 0 saturated heterocycles. The van der Waals surface area contributed by atoms with Crippen LogP contribution in [0.25, 0.3) is 0 Å². The summed E-state index contributed by atoms with van der Waals surface area (Å²) < 4.78 is 39.7. The predicted molar refractivity (Wildman–Crippen MR) is 94.4 cm³/mol. The summed E-state index contributed by atoms with van der Waals surface area (Å²) in [5.74, 6) is -1.80. The topological polar surface area (TPSA) is 104 Å². The molecule has 2 aromatic carbocycles. The van der Waals surface area contributed by atoms with Crippen molar-refractivity contribution < 1.29 is 27.5 Å². The van der Waals surface area contributed by atoms with Crippen LogP contribution >= 0.6 is 11.6 Å². The van der Waals surface area contributed by atoms with E-state index in [1.54, 1.807) is 12.1 Å². The molecule has 0 unspecified atom stereocenters. The van der Waals surface area contributed by atoms with E-state index in [-0.39, 0.29) is 27.6 Å². The Labute approximate surface area is 159 Å². The number of rotatable bonds is 6. The van der Waals surface area contributed by atoms with Crippen molar-refractivity contribution in [3.8, 4) is 0 Å². The van der Waals surface area contributed by atoms with Gasteiger partial charge < -0.3 is 5.11 Å². The van der Waals surface area contributed by atoms with E-state index in [0.717, 1.165) is 23.1 Å². The SMILES string of the molecule is O=C1c2ccccc2C(=O)N1C[C@H](O)CNS(=O)(=O)c1ccc(F)cc1Cl. The number of hydrogen-bond acceptors (Lipinski definition) is 5. The summed E-state index contributed by atoms with van der Waals surface area (Å²) in [6.07, 6.45) is -1.35. The monoisotopic (exact) mass is 412 g/mol. The van der Waals surface area contributed by atoms with Gasteiger partial charge in [-0.25, -0.2) is 17.5 Å². The summed E-state index contributed by atoms with van der Waals surface area (Å²) >= 11 is 5.74. The molecule has 0 saturated carbocycles. The third kappa shape index (κ3) is 3.86. The normalized spacial score (nSPS) is 15.1. The Kier molecular flexibility index (Phi) is 5.29. The van der Waals surface area contributed by atoms with E-state index in [1.807, 2.05) is 0 Å². The summed E-state index contributed by atoms with van der Waals surface area (Å²) in [6, 6.07) is 9.02. The Morgan fingerprint density at radius 2 is 1.70 bits per heavy atom. The van der Waals surface area contributed by atoms with Crippen molar-refractivity contribution in [2.45, 2.75) is 11.0 Å². The molecule has 3 rings (SSSR count). The zero-order chi connectivity index (χ0) is 19.8. The van der Waals surface area contributed by atoms with Gasteiger partial charge in [0, 0.05) is 6.54 Å². The summed E-state index contributed by atoms with van der Waals surface area (Å²) in [7, 11) is -4.11. The van der Waals surface area contributed by atoms with Crippen LogP contribution in [0.1, 0.15) is 20.7 Å². The number of benzene rings is 2. The third-order valence-corrected chi connectivity index (χ3v) is 5.87. The molecule has 0 fully saturated rings. The largest absolute Gasteiger partial charge is 0.390 e. The number of aliphatic hydroxyl groups is 1. The molecule has 2 aromatic rings. The van der Waals surface area contributed by atoms with E-state index in [0.29, 0.717) is 0 Å². The second-order valence-corrected chi connectivity index (χ2v) is 7.99. The lowest BCUT2D eigenvalue weighted by Gasteiger charge is -2.19. The maximum atomic E-state index is 13.1. The highest BCUT2D eigenvalue weighted by atomic mass is 35.5. The van der Waals surface area contributed by atoms with E-state index >= 15 is 0 Å². The molecule has 1 aliphatic heterocycles. The van der Waals surface area contributed by atoms with Crippen molar-refractivity contribution in [3.05, 3.63) is 64.4 Å². The number of carbonyl (C=O) groups is 2. The Balaban J connectivity index is 1.66. The van der Waals surface area contributed by atoms with Gasteiger partial charge in [-0.2, -0.15) is 0 Å². The van der Waals surface area contributed by atoms with Crippen molar-refractivity contribution in [1.29, 1.82) is 0 Å². The smallest absolute Gasteiger partial charge is 0.261 e. The first kappa shape index (κ1) is 19.4. The van der Waals surface area contributed by atoms with E-state index in [2.05, 4.69) is 4.72 Å². The number of halogens is 2. The van der Waals surface area contributed by atoms with Gasteiger partial charge in [0.1, 0.15) is 10.7 Å². The van der Waals surface area contributed by atoms with E-state index in [9.17, 15) is 27.5 Å².